The highest BCUT2D eigenvalue weighted by Gasteiger charge is 2.29. The number of nitrogens with one attached hydrogen (secondary N) is 2. The first-order valence-corrected chi connectivity index (χ1v) is 11.3. The molecule has 4 aromatic heterocycles. The monoisotopic (exact) mass is 465 g/mol. The molecule has 0 saturated heterocycles. The number of hydrogen-bond donors (Lipinski definition) is 2. The molecule has 2 amide bonds. The molecule has 0 aromatic carbocycles. The van der Waals surface area contributed by atoms with E-state index in [4.69, 9.17) is 4.98 Å². The molecular weight excluding hydrogens is 442 g/mol. The molecule has 5 rings (SSSR count). The molecule has 9 nitrogen and oxygen atoms in total. The number of nitrogens with zero attached hydrogens (tertiary/aromatic N) is 5. The SMILES string of the molecule is Cc1cc(C(=O)Nc2cnc(C)c(-c3ccnc(-c4ccnc(NC(=O)C5CC5)c4)n3)c2)ccn1. The van der Waals surface area contributed by atoms with E-state index in [1.54, 1.807) is 55.1 Å². The van der Waals surface area contributed by atoms with Crippen LogP contribution in [0.1, 0.15) is 34.6 Å². The smallest absolute Gasteiger partial charge is 0.255 e. The normalized spacial score (nSPS) is 12.7. The van der Waals surface area contributed by atoms with Crippen LogP contribution in [0.25, 0.3) is 22.6 Å². The van der Waals surface area contributed by atoms with E-state index in [0.717, 1.165) is 35.4 Å². The van der Waals surface area contributed by atoms with Crippen molar-refractivity contribution in [3.05, 3.63) is 78.1 Å². The average molecular weight is 466 g/mol. The van der Waals surface area contributed by atoms with Crippen molar-refractivity contribution < 1.29 is 9.59 Å². The van der Waals surface area contributed by atoms with Crippen molar-refractivity contribution in [2.45, 2.75) is 26.7 Å². The van der Waals surface area contributed by atoms with Gasteiger partial charge in [-0.1, -0.05) is 0 Å². The fraction of sp³-hybridized carbons (Fsp3) is 0.192. The summed E-state index contributed by atoms with van der Waals surface area (Å²) in [5, 5.41) is 5.74. The van der Waals surface area contributed by atoms with E-state index < -0.39 is 0 Å². The summed E-state index contributed by atoms with van der Waals surface area (Å²) in [6.07, 6.45) is 8.36. The lowest BCUT2D eigenvalue weighted by Gasteiger charge is -2.11. The second-order valence-electron chi connectivity index (χ2n) is 8.46. The van der Waals surface area contributed by atoms with Crippen LogP contribution >= 0.6 is 0 Å². The van der Waals surface area contributed by atoms with Crippen LogP contribution in [0.2, 0.25) is 0 Å². The fourth-order valence-corrected chi connectivity index (χ4v) is 3.61. The summed E-state index contributed by atoms with van der Waals surface area (Å²) in [4.78, 5) is 46.7. The largest absolute Gasteiger partial charge is 0.321 e. The number of aromatic nitrogens is 5. The second kappa shape index (κ2) is 9.38. The van der Waals surface area contributed by atoms with Crippen molar-refractivity contribution in [3.8, 4) is 22.6 Å². The highest BCUT2D eigenvalue weighted by Crippen LogP contribution is 2.30. The van der Waals surface area contributed by atoms with Gasteiger partial charge in [0.15, 0.2) is 5.82 Å². The minimum atomic E-state index is -0.243. The van der Waals surface area contributed by atoms with Crippen molar-refractivity contribution in [1.29, 1.82) is 0 Å². The third-order valence-corrected chi connectivity index (χ3v) is 5.65. The molecule has 1 saturated carbocycles. The van der Waals surface area contributed by atoms with Gasteiger partial charge in [-0.25, -0.2) is 15.0 Å². The van der Waals surface area contributed by atoms with Crippen LogP contribution in [0.3, 0.4) is 0 Å². The van der Waals surface area contributed by atoms with E-state index in [-0.39, 0.29) is 17.7 Å². The molecule has 0 atom stereocenters. The van der Waals surface area contributed by atoms with Crippen molar-refractivity contribution in [1.82, 2.24) is 24.9 Å². The molecular formula is C26H23N7O2. The molecule has 174 valence electrons. The summed E-state index contributed by atoms with van der Waals surface area (Å²) >= 11 is 0. The minimum Gasteiger partial charge on any atom is -0.321 e. The maximum Gasteiger partial charge on any atom is 0.255 e. The predicted octanol–water partition coefficient (Wildman–Crippen LogP) is 4.21. The lowest BCUT2D eigenvalue weighted by Crippen LogP contribution is -2.14. The van der Waals surface area contributed by atoms with Gasteiger partial charge in [-0.2, -0.15) is 0 Å². The summed E-state index contributed by atoms with van der Waals surface area (Å²) in [5.74, 6) is 0.806. The van der Waals surface area contributed by atoms with Crippen molar-refractivity contribution in [2.24, 2.45) is 5.92 Å². The zero-order valence-electron chi connectivity index (χ0n) is 19.3. The first kappa shape index (κ1) is 22.3. The third-order valence-electron chi connectivity index (χ3n) is 5.65. The van der Waals surface area contributed by atoms with E-state index in [1.165, 1.54) is 0 Å². The summed E-state index contributed by atoms with van der Waals surface area (Å²) in [5.41, 5.74) is 4.77. The topological polar surface area (TPSA) is 123 Å². The summed E-state index contributed by atoms with van der Waals surface area (Å²) in [7, 11) is 0. The Kier molecular flexibility index (Phi) is 5.97. The number of carbonyl (C=O) groups excluding carboxylic acids is 2. The fourth-order valence-electron chi connectivity index (χ4n) is 3.61. The van der Waals surface area contributed by atoms with Crippen LogP contribution in [0, 0.1) is 19.8 Å². The van der Waals surface area contributed by atoms with Gasteiger partial charge in [0.25, 0.3) is 5.91 Å². The molecule has 0 unspecified atom stereocenters. The molecule has 1 aliphatic carbocycles. The average Bonchev–Trinajstić information content (AvgIpc) is 3.71. The molecule has 1 aliphatic rings. The lowest BCUT2D eigenvalue weighted by atomic mass is 10.1. The highest BCUT2D eigenvalue weighted by atomic mass is 16.2. The quantitative estimate of drug-likeness (QED) is 0.437. The van der Waals surface area contributed by atoms with E-state index in [9.17, 15) is 9.59 Å². The van der Waals surface area contributed by atoms with Crippen LogP contribution in [-0.4, -0.2) is 36.7 Å². The van der Waals surface area contributed by atoms with Gasteiger partial charge in [0.05, 0.1) is 17.6 Å². The Morgan fingerprint density at radius 2 is 1.69 bits per heavy atom. The number of rotatable bonds is 6. The van der Waals surface area contributed by atoms with E-state index in [0.29, 0.717) is 28.6 Å². The Morgan fingerprint density at radius 3 is 2.49 bits per heavy atom. The lowest BCUT2D eigenvalue weighted by molar-refractivity contribution is -0.117. The Morgan fingerprint density at radius 1 is 0.886 bits per heavy atom. The number of aryl methyl sites for hydroxylation is 2. The maximum absolute atomic E-state index is 12.7. The molecule has 0 spiro atoms. The molecule has 2 N–H and O–H groups in total. The van der Waals surface area contributed by atoms with Crippen LogP contribution in [0.4, 0.5) is 11.5 Å². The van der Waals surface area contributed by atoms with E-state index in [1.807, 2.05) is 19.9 Å². The van der Waals surface area contributed by atoms with Gasteiger partial charge in [0.1, 0.15) is 5.82 Å². The van der Waals surface area contributed by atoms with Crippen molar-refractivity contribution in [2.75, 3.05) is 10.6 Å². The zero-order valence-corrected chi connectivity index (χ0v) is 19.3. The molecule has 4 heterocycles. The maximum atomic E-state index is 12.7. The standard InChI is InChI=1S/C26H23N7O2/c1-15-11-19(6-8-27-15)26(35)31-20-13-21(16(2)30-14-20)22-7-10-29-24(32-22)18-5-9-28-23(12-18)33-25(34)17-3-4-17/h5-14,17H,3-4H2,1-2H3,(H,31,35)(H,28,33,34). The van der Waals surface area contributed by atoms with Crippen LogP contribution in [0.5, 0.6) is 0 Å². The molecule has 35 heavy (non-hydrogen) atoms. The number of anilines is 2. The Labute approximate surface area is 202 Å². The van der Waals surface area contributed by atoms with Crippen LogP contribution in [0.15, 0.2) is 61.2 Å². The number of pyridine rings is 3. The van der Waals surface area contributed by atoms with Crippen molar-refractivity contribution >= 4 is 23.3 Å². The van der Waals surface area contributed by atoms with Gasteiger partial charge in [0, 0.05) is 52.6 Å². The zero-order chi connectivity index (χ0) is 24.4. The summed E-state index contributed by atoms with van der Waals surface area (Å²) in [6, 6.07) is 10.6. The predicted molar refractivity (Wildman–Crippen MR) is 132 cm³/mol. The molecule has 1 fully saturated rings. The second-order valence-corrected chi connectivity index (χ2v) is 8.46. The Balaban J connectivity index is 1.40. The molecule has 4 aromatic rings. The van der Waals surface area contributed by atoms with Crippen LogP contribution < -0.4 is 10.6 Å². The van der Waals surface area contributed by atoms with Gasteiger partial charge in [-0.05, 0) is 63.1 Å². The Bertz CT molecular complexity index is 1430. The van der Waals surface area contributed by atoms with Gasteiger partial charge in [-0.15, -0.1) is 0 Å². The number of hydrogen-bond acceptors (Lipinski definition) is 7. The van der Waals surface area contributed by atoms with Gasteiger partial charge in [0.2, 0.25) is 5.91 Å². The van der Waals surface area contributed by atoms with Crippen LogP contribution in [-0.2, 0) is 4.79 Å². The number of carbonyl (C=O) groups is 2. The summed E-state index contributed by atoms with van der Waals surface area (Å²) in [6.45, 7) is 3.72. The van der Waals surface area contributed by atoms with Crippen molar-refractivity contribution in [3.63, 3.8) is 0 Å². The first-order chi connectivity index (χ1) is 17.0. The molecule has 0 bridgehead atoms. The highest BCUT2D eigenvalue weighted by molar-refractivity contribution is 6.04. The van der Waals surface area contributed by atoms with E-state index >= 15 is 0 Å². The molecule has 9 heteroatoms. The van der Waals surface area contributed by atoms with Gasteiger partial charge < -0.3 is 10.6 Å². The first-order valence-electron chi connectivity index (χ1n) is 11.3. The molecule has 0 radical (unpaired) electrons. The van der Waals surface area contributed by atoms with Gasteiger partial charge >= 0.3 is 0 Å². The van der Waals surface area contributed by atoms with E-state index in [2.05, 4.69) is 30.6 Å². The summed E-state index contributed by atoms with van der Waals surface area (Å²) < 4.78 is 0. The molecule has 0 aliphatic heterocycles. The minimum absolute atomic E-state index is 0.00759. The van der Waals surface area contributed by atoms with Gasteiger partial charge in [-0.3, -0.25) is 19.6 Å². The third kappa shape index (κ3) is 5.19. The number of amides is 2. The Hall–Kier alpha value is -4.53.